The van der Waals surface area contributed by atoms with Crippen LogP contribution in [-0.2, 0) is 0 Å². The van der Waals surface area contributed by atoms with Crippen LogP contribution in [0.25, 0.3) is 22.2 Å². The number of aliphatic hydroxyl groups excluding tert-OH is 1. The van der Waals surface area contributed by atoms with Crippen LogP contribution in [0, 0.1) is 13.8 Å². The van der Waals surface area contributed by atoms with Crippen molar-refractivity contribution in [2.45, 2.75) is 45.6 Å². The fourth-order valence-electron chi connectivity index (χ4n) is 4.31. The number of pyridine rings is 1. The summed E-state index contributed by atoms with van der Waals surface area (Å²) in [5, 5.41) is 12.1. The SMILES string of the molecule is Cc1cc(-c2ccccc2)nc2c(C)cc(C(O)CN3CCCCCC3)cc12. The maximum Gasteiger partial charge on any atom is 0.0917 e. The summed E-state index contributed by atoms with van der Waals surface area (Å²) in [6.45, 7) is 7.17. The molecular weight excluding hydrogens is 344 g/mol. The summed E-state index contributed by atoms with van der Waals surface area (Å²) in [6, 6.07) is 16.7. The van der Waals surface area contributed by atoms with Gasteiger partial charge in [-0.25, -0.2) is 4.98 Å². The third kappa shape index (κ3) is 4.11. The number of β-amino-alcohol motifs (C(OH)–C–C–N with tert-alkyl or cyclic N) is 1. The molecule has 1 N–H and O–H groups in total. The summed E-state index contributed by atoms with van der Waals surface area (Å²) in [7, 11) is 0. The molecule has 1 aliphatic heterocycles. The summed E-state index contributed by atoms with van der Waals surface area (Å²) in [4.78, 5) is 7.36. The Labute approximate surface area is 168 Å². The first-order chi connectivity index (χ1) is 13.6. The molecule has 3 nitrogen and oxygen atoms in total. The molecule has 1 saturated heterocycles. The predicted molar refractivity (Wildman–Crippen MR) is 117 cm³/mol. The highest BCUT2D eigenvalue weighted by Crippen LogP contribution is 2.29. The Morgan fingerprint density at radius 3 is 2.36 bits per heavy atom. The van der Waals surface area contributed by atoms with Gasteiger partial charge in [0, 0.05) is 17.5 Å². The monoisotopic (exact) mass is 374 g/mol. The number of hydrogen-bond donors (Lipinski definition) is 1. The Morgan fingerprint density at radius 2 is 1.64 bits per heavy atom. The standard InChI is InChI=1S/C25H30N2O/c1-18-15-23(20-10-6-5-7-11-20)26-25-19(2)14-21(16-22(18)25)24(28)17-27-12-8-3-4-9-13-27/h5-7,10-11,14-16,24,28H,3-4,8-9,12-13,17H2,1-2H3. The molecule has 0 spiro atoms. The number of fused-ring (bicyclic) bond motifs is 1. The van der Waals surface area contributed by atoms with E-state index >= 15 is 0 Å². The van der Waals surface area contributed by atoms with Crippen LogP contribution in [-0.4, -0.2) is 34.6 Å². The molecule has 3 aromatic rings. The lowest BCUT2D eigenvalue weighted by molar-refractivity contribution is 0.115. The molecule has 1 aromatic heterocycles. The first kappa shape index (κ1) is 19.1. The fraction of sp³-hybridized carbons (Fsp3) is 0.400. The zero-order valence-corrected chi connectivity index (χ0v) is 17.0. The summed E-state index contributed by atoms with van der Waals surface area (Å²) in [5.41, 5.74) is 6.51. The van der Waals surface area contributed by atoms with Gasteiger partial charge >= 0.3 is 0 Å². The van der Waals surface area contributed by atoms with E-state index in [4.69, 9.17) is 4.98 Å². The first-order valence-corrected chi connectivity index (χ1v) is 10.5. The van der Waals surface area contributed by atoms with Crippen molar-refractivity contribution >= 4 is 10.9 Å². The number of aromatic nitrogens is 1. The van der Waals surface area contributed by atoms with E-state index in [1.54, 1.807) is 0 Å². The second-order valence-corrected chi connectivity index (χ2v) is 8.16. The van der Waals surface area contributed by atoms with Crippen LogP contribution in [0.1, 0.15) is 48.5 Å². The molecule has 1 unspecified atom stereocenters. The van der Waals surface area contributed by atoms with Gasteiger partial charge in [-0.15, -0.1) is 0 Å². The maximum atomic E-state index is 10.9. The highest BCUT2D eigenvalue weighted by Gasteiger charge is 2.17. The van der Waals surface area contributed by atoms with Crippen molar-refractivity contribution in [1.29, 1.82) is 0 Å². The summed E-state index contributed by atoms with van der Waals surface area (Å²) in [5.74, 6) is 0. The Kier molecular flexibility index (Phi) is 5.74. The van der Waals surface area contributed by atoms with Crippen molar-refractivity contribution in [2.75, 3.05) is 19.6 Å². The maximum absolute atomic E-state index is 10.9. The Bertz CT molecular complexity index is 944. The van der Waals surface area contributed by atoms with E-state index in [0.29, 0.717) is 0 Å². The molecule has 1 aliphatic rings. The van der Waals surface area contributed by atoms with Gasteiger partial charge in [-0.1, -0.05) is 49.2 Å². The molecule has 4 rings (SSSR count). The molecule has 0 amide bonds. The van der Waals surface area contributed by atoms with Crippen LogP contribution in [0.15, 0.2) is 48.5 Å². The summed E-state index contributed by atoms with van der Waals surface area (Å²) >= 11 is 0. The number of nitrogens with zero attached hydrogens (tertiary/aromatic N) is 2. The Hall–Kier alpha value is -2.23. The van der Waals surface area contributed by atoms with Gasteiger partial charge < -0.3 is 10.0 Å². The van der Waals surface area contributed by atoms with E-state index in [1.165, 1.54) is 31.2 Å². The van der Waals surface area contributed by atoms with Gasteiger partial charge in [-0.2, -0.15) is 0 Å². The van der Waals surface area contributed by atoms with E-state index in [-0.39, 0.29) is 0 Å². The smallest absolute Gasteiger partial charge is 0.0917 e. The number of likely N-dealkylation sites (tertiary alicyclic amines) is 1. The van der Waals surface area contributed by atoms with Crippen molar-refractivity contribution in [2.24, 2.45) is 0 Å². The highest BCUT2D eigenvalue weighted by atomic mass is 16.3. The quantitative estimate of drug-likeness (QED) is 0.662. The number of aryl methyl sites for hydroxylation is 2. The number of rotatable bonds is 4. The predicted octanol–water partition coefficient (Wildman–Crippen LogP) is 5.43. The molecule has 0 radical (unpaired) electrons. The average molecular weight is 375 g/mol. The second kappa shape index (κ2) is 8.42. The lowest BCUT2D eigenvalue weighted by Gasteiger charge is -2.24. The fourth-order valence-corrected chi connectivity index (χ4v) is 4.31. The molecule has 146 valence electrons. The molecular formula is C25H30N2O. The number of hydrogen-bond acceptors (Lipinski definition) is 3. The largest absolute Gasteiger partial charge is 0.387 e. The van der Waals surface area contributed by atoms with E-state index in [1.807, 2.05) is 18.2 Å². The third-order valence-electron chi connectivity index (χ3n) is 5.92. The normalized spacial score (nSPS) is 16.8. The molecule has 2 heterocycles. The minimum Gasteiger partial charge on any atom is -0.387 e. The summed E-state index contributed by atoms with van der Waals surface area (Å²) in [6.07, 6.45) is 4.67. The van der Waals surface area contributed by atoms with Crippen LogP contribution >= 0.6 is 0 Å². The van der Waals surface area contributed by atoms with Gasteiger partial charge in [-0.3, -0.25) is 0 Å². The van der Waals surface area contributed by atoms with Gasteiger partial charge in [0.1, 0.15) is 0 Å². The van der Waals surface area contributed by atoms with Gasteiger partial charge in [0.2, 0.25) is 0 Å². The van der Waals surface area contributed by atoms with Crippen molar-refractivity contribution < 1.29 is 5.11 Å². The molecule has 1 atom stereocenters. The highest BCUT2D eigenvalue weighted by molar-refractivity contribution is 5.88. The summed E-state index contributed by atoms with van der Waals surface area (Å²) < 4.78 is 0. The van der Waals surface area contributed by atoms with E-state index in [9.17, 15) is 5.11 Å². The Balaban J connectivity index is 1.65. The Morgan fingerprint density at radius 1 is 0.929 bits per heavy atom. The van der Waals surface area contributed by atoms with Gasteiger partial charge in [-0.05, 0) is 68.6 Å². The molecule has 1 fully saturated rings. The lowest BCUT2D eigenvalue weighted by Crippen LogP contribution is -2.29. The molecule has 2 aromatic carbocycles. The van der Waals surface area contributed by atoms with Crippen molar-refractivity contribution in [3.8, 4) is 11.3 Å². The molecule has 0 saturated carbocycles. The van der Waals surface area contributed by atoms with Crippen molar-refractivity contribution in [1.82, 2.24) is 9.88 Å². The van der Waals surface area contributed by atoms with Gasteiger partial charge in [0.25, 0.3) is 0 Å². The lowest BCUT2D eigenvalue weighted by atomic mass is 9.98. The topological polar surface area (TPSA) is 36.4 Å². The van der Waals surface area contributed by atoms with Gasteiger partial charge in [0.15, 0.2) is 0 Å². The molecule has 3 heteroatoms. The third-order valence-corrected chi connectivity index (χ3v) is 5.92. The molecule has 0 bridgehead atoms. The van der Waals surface area contributed by atoms with E-state index < -0.39 is 6.10 Å². The number of aliphatic hydroxyl groups is 1. The van der Waals surface area contributed by atoms with Crippen LogP contribution in [0.5, 0.6) is 0 Å². The van der Waals surface area contributed by atoms with Crippen LogP contribution in [0.2, 0.25) is 0 Å². The first-order valence-electron chi connectivity index (χ1n) is 10.5. The van der Waals surface area contributed by atoms with Crippen LogP contribution in [0.4, 0.5) is 0 Å². The number of benzene rings is 2. The van der Waals surface area contributed by atoms with E-state index in [2.05, 4.69) is 49.1 Å². The van der Waals surface area contributed by atoms with Crippen molar-refractivity contribution in [3.63, 3.8) is 0 Å². The zero-order valence-electron chi connectivity index (χ0n) is 17.0. The minimum absolute atomic E-state index is 0.450. The van der Waals surface area contributed by atoms with Gasteiger partial charge in [0.05, 0.1) is 17.3 Å². The van der Waals surface area contributed by atoms with Crippen LogP contribution < -0.4 is 0 Å². The molecule has 28 heavy (non-hydrogen) atoms. The minimum atomic E-state index is -0.450. The molecule has 0 aliphatic carbocycles. The van der Waals surface area contributed by atoms with Crippen LogP contribution in [0.3, 0.4) is 0 Å². The van der Waals surface area contributed by atoms with Crippen molar-refractivity contribution in [3.05, 3.63) is 65.2 Å². The zero-order chi connectivity index (χ0) is 19.5. The van der Waals surface area contributed by atoms with E-state index in [0.717, 1.165) is 52.9 Å². The average Bonchev–Trinajstić information content (AvgIpc) is 2.97. The second-order valence-electron chi connectivity index (χ2n) is 8.16.